The van der Waals surface area contributed by atoms with Crippen LogP contribution in [0, 0.1) is 0 Å². The highest BCUT2D eigenvalue weighted by molar-refractivity contribution is 7.18. The predicted molar refractivity (Wildman–Crippen MR) is 147 cm³/mol. The number of benzene rings is 4. The van der Waals surface area contributed by atoms with Gasteiger partial charge in [0, 0.05) is 24.2 Å². The molecule has 5 aromatic rings. The molecule has 5 heteroatoms. The second-order valence-corrected chi connectivity index (χ2v) is 9.40. The van der Waals surface area contributed by atoms with Crippen LogP contribution in [0.4, 0.5) is 5.13 Å². The fourth-order valence-electron chi connectivity index (χ4n) is 4.06. The molecule has 0 amide bonds. The number of anilines is 1. The van der Waals surface area contributed by atoms with E-state index in [0.29, 0.717) is 23.5 Å². The Morgan fingerprint density at radius 3 is 1.92 bits per heavy atom. The minimum Gasteiger partial charge on any atom is -0.497 e. The Morgan fingerprint density at radius 2 is 1.31 bits per heavy atom. The number of aromatic nitrogens is 1. The van der Waals surface area contributed by atoms with E-state index in [1.165, 1.54) is 16.9 Å². The van der Waals surface area contributed by atoms with Crippen molar-refractivity contribution in [3.63, 3.8) is 0 Å². The molecule has 0 radical (unpaired) electrons. The number of hydrogen-bond acceptors (Lipinski definition) is 5. The summed E-state index contributed by atoms with van der Waals surface area (Å²) in [7, 11) is 1.67. The van der Waals surface area contributed by atoms with E-state index in [1.807, 2.05) is 91.0 Å². The Kier molecular flexibility index (Phi) is 7.20. The minimum absolute atomic E-state index is 0.0117. The molecule has 1 heterocycles. The maximum Gasteiger partial charge on any atom is 0.205 e. The van der Waals surface area contributed by atoms with Crippen LogP contribution in [0.2, 0.25) is 0 Å². The number of thiazole rings is 1. The monoisotopic (exact) mass is 490 g/mol. The van der Waals surface area contributed by atoms with Gasteiger partial charge in [-0.15, -0.1) is 0 Å². The topological polar surface area (TPSA) is 42.4 Å². The summed E-state index contributed by atoms with van der Waals surface area (Å²) in [4.78, 5) is 21.5. The zero-order valence-electron chi connectivity index (χ0n) is 20.0. The van der Waals surface area contributed by atoms with Crippen molar-refractivity contribution in [1.82, 2.24) is 4.98 Å². The molecule has 0 saturated carbocycles. The maximum atomic E-state index is 13.6. The minimum atomic E-state index is -0.0117. The molecule has 0 fully saturated rings. The Balaban J connectivity index is 1.57. The number of methoxy groups -OCH3 is 1. The highest BCUT2D eigenvalue weighted by Crippen LogP contribution is 2.36. The number of carbonyl (C=O) groups is 1. The van der Waals surface area contributed by atoms with Crippen LogP contribution < -0.4 is 9.64 Å². The lowest BCUT2D eigenvalue weighted by Gasteiger charge is -2.22. The number of ether oxygens (including phenoxy) is 1. The molecule has 0 N–H and O–H groups in total. The Hall–Kier alpha value is -4.22. The molecular weight excluding hydrogens is 464 g/mol. The van der Waals surface area contributed by atoms with Crippen LogP contribution in [0.5, 0.6) is 5.75 Å². The molecule has 5 rings (SSSR count). The molecule has 0 atom stereocenters. The molecule has 0 saturated heterocycles. The van der Waals surface area contributed by atoms with Crippen molar-refractivity contribution in [2.45, 2.75) is 13.1 Å². The summed E-state index contributed by atoms with van der Waals surface area (Å²) < 4.78 is 5.33. The van der Waals surface area contributed by atoms with E-state index in [-0.39, 0.29) is 5.78 Å². The smallest absolute Gasteiger partial charge is 0.205 e. The average Bonchev–Trinajstić information content (AvgIpc) is 3.40. The zero-order chi connectivity index (χ0) is 24.7. The first-order valence-corrected chi connectivity index (χ1v) is 12.6. The fraction of sp³-hybridized carbons (Fsp3) is 0.0968. The molecule has 4 aromatic carbocycles. The molecule has 0 aliphatic heterocycles. The highest BCUT2D eigenvalue weighted by Gasteiger charge is 2.23. The highest BCUT2D eigenvalue weighted by atomic mass is 32.1. The fourth-order valence-corrected chi connectivity index (χ4v) is 5.11. The lowest BCUT2D eigenvalue weighted by atomic mass is 10.1. The van der Waals surface area contributed by atoms with Gasteiger partial charge in [-0.05, 0) is 23.3 Å². The third kappa shape index (κ3) is 5.37. The normalized spacial score (nSPS) is 10.7. The second kappa shape index (κ2) is 11.0. The van der Waals surface area contributed by atoms with Gasteiger partial charge in [-0.2, -0.15) is 0 Å². The van der Waals surface area contributed by atoms with Crippen LogP contribution in [0.15, 0.2) is 115 Å². The molecule has 4 nitrogen and oxygen atoms in total. The molecule has 36 heavy (non-hydrogen) atoms. The number of rotatable bonds is 9. The Labute approximate surface area is 215 Å². The van der Waals surface area contributed by atoms with E-state index in [0.717, 1.165) is 27.7 Å². The largest absolute Gasteiger partial charge is 0.497 e. The molecule has 0 aliphatic rings. The van der Waals surface area contributed by atoms with E-state index in [4.69, 9.17) is 9.72 Å². The first-order chi connectivity index (χ1) is 17.7. The van der Waals surface area contributed by atoms with Crippen molar-refractivity contribution < 1.29 is 9.53 Å². The first kappa shape index (κ1) is 23.5. The third-order valence-electron chi connectivity index (χ3n) is 5.92. The summed E-state index contributed by atoms with van der Waals surface area (Å²) >= 11 is 1.45. The number of hydrogen-bond donors (Lipinski definition) is 0. The third-order valence-corrected chi connectivity index (χ3v) is 7.04. The molecule has 0 unspecified atom stereocenters. The van der Waals surface area contributed by atoms with Crippen LogP contribution >= 0.6 is 11.3 Å². The van der Waals surface area contributed by atoms with E-state index < -0.39 is 0 Å². The van der Waals surface area contributed by atoms with Crippen LogP contribution in [0.25, 0.3) is 11.3 Å². The van der Waals surface area contributed by atoms with E-state index >= 15 is 0 Å². The van der Waals surface area contributed by atoms with Crippen molar-refractivity contribution >= 4 is 22.3 Å². The summed E-state index contributed by atoms with van der Waals surface area (Å²) in [5.41, 5.74) is 4.63. The van der Waals surface area contributed by atoms with Gasteiger partial charge in [0.1, 0.15) is 10.6 Å². The summed E-state index contributed by atoms with van der Waals surface area (Å²) in [5, 5.41) is 0.813. The van der Waals surface area contributed by atoms with Crippen molar-refractivity contribution in [2.75, 3.05) is 12.0 Å². The Morgan fingerprint density at radius 1 is 0.750 bits per heavy atom. The molecule has 1 aromatic heterocycles. The first-order valence-electron chi connectivity index (χ1n) is 11.8. The standard InChI is InChI=1S/C31H26N2O2S/c1-35-27-19-17-24(18-20-27)22-33(21-23-11-5-2-6-12-23)31-32-28(25-13-7-3-8-14-25)30(36-31)29(34)26-15-9-4-10-16-26/h2-20H,21-22H2,1H3. The van der Waals surface area contributed by atoms with Gasteiger partial charge in [0.05, 0.1) is 12.8 Å². The van der Waals surface area contributed by atoms with Crippen LogP contribution in [-0.2, 0) is 13.1 Å². The van der Waals surface area contributed by atoms with Gasteiger partial charge in [-0.1, -0.05) is 114 Å². The maximum absolute atomic E-state index is 13.6. The van der Waals surface area contributed by atoms with Crippen LogP contribution in [0.3, 0.4) is 0 Å². The van der Waals surface area contributed by atoms with E-state index in [2.05, 4.69) is 29.2 Å². The number of ketones is 1. The van der Waals surface area contributed by atoms with Gasteiger partial charge in [0.15, 0.2) is 5.13 Å². The molecular formula is C31H26N2O2S. The van der Waals surface area contributed by atoms with Crippen molar-refractivity contribution in [1.29, 1.82) is 0 Å². The van der Waals surface area contributed by atoms with Gasteiger partial charge in [0.2, 0.25) is 5.78 Å². The lowest BCUT2D eigenvalue weighted by Crippen LogP contribution is -2.22. The van der Waals surface area contributed by atoms with Crippen molar-refractivity contribution in [2.24, 2.45) is 0 Å². The molecule has 0 bridgehead atoms. The molecule has 0 aliphatic carbocycles. The lowest BCUT2D eigenvalue weighted by molar-refractivity contribution is 0.104. The van der Waals surface area contributed by atoms with Gasteiger partial charge in [-0.3, -0.25) is 4.79 Å². The predicted octanol–water partition coefficient (Wildman–Crippen LogP) is 7.26. The van der Waals surface area contributed by atoms with Crippen LogP contribution in [-0.4, -0.2) is 17.9 Å². The van der Waals surface area contributed by atoms with Crippen LogP contribution in [0.1, 0.15) is 26.4 Å². The molecule has 178 valence electrons. The zero-order valence-corrected chi connectivity index (χ0v) is 20.8. The summed E-state index contributed by atoms with van der Waals surface area (Å²) in [6.45, 7) is 1.33. The average molecular weight is 491 g/mol. The molecule has 0 spiro atoms. The number of carbonyl (C=O) groups excluding carboxylic acids is 1. The Bertz CT molecular complexity index is 1420. The van der Waals surface area contributed by atoms with Gasteiger partial charge >= 0.3 is 0 Å². The van der Waals surface area contributed by atoms with E-state index in [1.54, 1.807) is 7.11 Å². The SMILES string of the molecule is COc1ccc(CN(Cc2ccccc2)c2nc(-c3ccccc3)c(C(=O)c3ccccc3)s2)cc1. The summed E-state index contributed by atoms with van der Waals surface area (Å²) in [6.07, 6.45) is 0. The van der Waals surface area contributed by atoms with Gasteiger partial charge < -0.3 is 9.64 Å². The number of nitrogens with zero attached hydrogens (tertiary/aromatic N) is 2. The van der Waals surface area contributed by atoms with Crippen molar-refractivity contribution in [3.8, 4) is 17.0 Å². The van der Waals surface area contributed by atoms with E-state index in [9.17, 15) is 4.79 Å². The summed E-state index contributed by atoms with van der Waals surface area (Å²) in [6, 6.07) is 37.8. The second-order valence-electron chi connectivity index (χ2n) is 8.43. The quantitative estimate of drug-likeness (QED) is 0.204. The van der Waals surface area contributed by atoms with Gasteiger partial charge in [-0.25, -0.2) is 4.98 Å². The van der Waals surface area contributed by atoms with Crippen molar-refractivity contribution in [3.05, 3.63) is 137 Å². The summed E-state index contributed by atoms with van der Waals surface area (Å²) in [5.74, 6) is 0.812. The van der Waals surface area contributed by atoms with Gasteiger partial charge in [0.25, 0.3) is 0 Å².